The monoisotopic (exact) mass is 309 g/mol. The fourth-order valence-corrected chi connectivity index (χ4v) is 1.76. The van der Waals surface area contributed by atoms with Crippen LogP contribution in [0.3, 0.4) is 0 Å². The van der Waals surface area contributed by atoms with Crippen molar-refractivity contribution < 1.29 is 13.9 Å². The number of aromatic nitrogens is 5. The van der Waals surface area contributed by atoms with E-state index in [-0.39, 0.29) is 12.2 Å². The molecular weight excluding hydrogens is 286 g/mol. The average Bonchev–Trinajstić information content (AvgIpc) is 3.09. The summed E-state index contributed by atoms with van der Waals surface area (Å²) in [5.41, 5.74) is 0. The van der Waals surface area contributed by atoms with Gasteiger partial charge in [-0.25, -0.2) is 4.98 Å². The molecule has 8 nitrogen and oxygen atoms in total. The lowest BCUT2D eigenvalue weighted by atomic mass is 10.2. The quantitative estimate of drug-likeness (QED) is 0.696. The molecule has 2 aromatic heterocycles. The Morgan fingerprint density at radius 1 is 1.14 bits per heavy atom. The van der Waals surface area contributed by atoms with Crippen LogP contribution in [0.5, 0.6) is 0 Å². The molecular formula is C14H23N5O3. The van der Waals surface area contributed by atoms with Crippen molar-refractivity contribution in [2.45, 2.75) is 59.0 Å². The first-order valence-corrected chi connectivity index (χ1v) is 7.42. The molecule has 0 aromatic carbocycles. The molecule has 8 heteroatoms. The number of hydrogen-bond acceptors (Lipinski definition) is 7. The van der Waals surface area contributed by atoms with Gasteiger partial charge in [0, 0.05) is 13.5 Å². The van der Waals surface area contributed by atoms with Crippen LogP contribution in [0.1, 0.15) is 44.8 Å². The molecule has 0 bridgehead atoms. The van der Waals surface area contributed by atoms with Crippen molar-refractivity contribution in [1.82, 2.24) is 25.0 Å². The normalized spacial score (nSPS) is 13.0. The summed E-state index contributed by atoms with van der Waals surface area (Å²) in [4.78, 5) is 4.12. The van der Waals surface area contributed by atoms with E-state index in [0.717, 1.165) is 6.42 Å². The Kier molecular flexibility index (Phi) is 6.02. The number of ether oxygens (including phenoxy) is 2. The van der Waals surface area contributed by atoms with Gasteiger partial charge in [0.25, 0.3) is 0 Å². The Morgan fingerprint density at radius 3 is 2.59 bits per heavy atom. The smallest absolute Gasteiger partial charge is 0.242 e. The summed E-state index contributed by atoms with van der Waals surface area (Å²) in [5.74, 6) is 1.80. The Hall–Kier alpha value is -1.80. The summed E-state index contributed by atoms with van der Waals surface area (Å²) in [7, 11) is 1.83. The van der Waals surface area contributed by atoms with Gasteiger partial charge >= 0.3 is 0 Å². The van der Waals surface area contributed by atoms with E-state index < -0.39 is 0 Å². The van der Waals surface area contributed by atoms with Gasteiger partial charge in [-0.15, -0.1) is 10.2 Å². The third kappa shape index (κ3) is 5.53. The second-order valence-electron chi connectivity index (χ2n) is 5.44. The summed E-state index contributed by atoms with van der Waals surface area (Å²) in [6.45, 7) is 6.68. The van der Waals surface area contributed by atoms with Crippen molar-refractivity contribution in [3.05, 3.63) is 23.9 Å². The minimum Gasteiger partial charge on any atom is -0.423 e. The van der Waals surface area contributed by atoms with Crippen molar-refractivity contribution in [2.24, 2.45) is 7.05 Å². The Balaban J connectivity index is 1.68. The summed E-state index contributed by atoms with van der Waals surface area (Å²) in [6, 6.07) is 0. The van der Waals surface area contributed by atoms with Crippen LogP contribution in [0.4, 0.5) is 0 Å². The molecule has 0 saturated heterocycles. The Morgan fingerprint density at radius 2 is 1.91 bits per heavy atom. The average molecular weight is 309 g/mol. The highest BCUT2D eigenvalue weighted by atomic mass is 16.5. The highest BCUT2D eigenvalue weighted by molar-refractivity contribution is 4.82. The fourth-order valence-electron chi connectivity index (χ4n) is 1.76. The number of nitrogens with zero attached hydrogens (tertiary/aromatic N) is 5. The van der Waals surface area contributed by atoms with E-state index in [1.54, 1.807) is 11.0 Å². The van der Waals surface area contributed by atoms with E-state index in [1.165, 1.54) is 0 Å². The van der Waals surface area contributed by atoms with E-state index in [0.29, 0.717) is 37.2 Å². The highest BCUT2D eigenvalue weighted by Gasteiger charge is 2.10. The largest absolute Gasteiger partial charge is 0.423 e. The molecule has 0 radical (unpaired) electrons. The van der Waals surface area contributed by atoms with E-state index in [2.05, 4.69) is 20.3 Å². The van der Waals surface area contributed by atoms with Gasteiger partial charge in [0.2, 0.25) is 11.8 Å². The summed E-state index contributed by atoms with van der Waals surface area (Å²) in [6.07, 6.45) is 3.32. The van der Waals surface area contributed by atoms with Crippen LogP contribution in [0.2, 0.25) is 0 Å². The van der Waals surface area contributed by atoms with Crippen LogP contribution in [-0.2, 0) is 36.2 Å². The minimum absolute atomic E-state index is 0.0612. The minimum atomic E-state index is 0.0612. The van der Waals surface area contributed by atoms with E-state index in [9.17, 15) is 0 Å². The van der Waals surface area contributed by atoms with E-state index in [4.69, 9.17) is 13.9 Å². The molecule has 122 valence electrons. The molecule has 0 aliphatic rings. The Labute approximate surface area is 129 Å². The summed E-state index contributed by atoms with van der Waals surface area (Å²) >= 11 is 0. The lowest BCUT2D eigenvalue weighted by Gasteiger charge is -2.09. The maximum absolute atomic E-state index is 5.70. The zero-order valence-corrected chi connectivity index (χ0v) is 13.5. The van der Waals surface area contributed by atoms with Crippen LogP contribution < -0.4 is 0 Å². The van der Waals surface area contributed by atoms with Gasteiger partial charge < -0.3 is 13.9 Å². The second kappa shape index (κ2) is 8.00. The molecule has 0 N–H and O–H groups in total. The van der Waals surface area contributed by atoms with Crippen LogP contribution in [0, 0.1) is 0 Å². The SMILES string of the molecule is CC(C)OCc1nnc(CCC(C)OCc2ncn(C)n2)o1. The zero-order chi connectivity index (χ0) is 15.9. The molecule has 1 unspecified atom stereocenters. The molecule has 1 atom stereocenters. The van der Waals surface area contributed by atoms with Gasteiger partial charge in [-0.3, -0.25) is 4.68 Å². The van der Waals surface area contributed by atoms with Crippen LogP contribution >= 0.6 is 0 Å². The molecule has 2 heterocycles. The van der Waals surface area contributed by atoms with Gasteiger partial charge in [-0.1, -0.05) is 0 Å². The van der Waals surface area contributed by atoms with Crippen LogP contribution in [0.25, 0.3) is 0 Å². The number of hydrogen-bond donors (Lipinski definition) is 0. The van der Waals surface area contributed by atoms with Gasteiger partial charge in [0.1, 0.15) is 19.5 Å². The molecule has 0 aliphatic carbocycles. The van der Waals surface area contributed by atoms with Gasteiger partial charge in [-0.2, -0.15) is 5.10 Å². The molecule has 0 amide bonds. The maximum Gasteiger partial charge on any atom is 0.242 e. The molecule has 22 heavy (non-hydrogen) atoms. The molecule has 0 aliphatic heterocycles. The van der Waals surface area contributed by atoms with Gasteiger partial charge in [0.05, 0.1) is 12.2 Å². The Bertz CT molecular complexity index is 566. The predicted octanol–water partition coefficient (Wildman–Crippen LogP) is 1.66. The first-order valence-electron chi connectivity index (χ1n) is 7.42. The van der Waals surface area contributed by atoms with Gasteiger partial charge in [0.15, 0.2) is 5.82 Å². The second-order valence-corrected chi connectivity index (χ2v) is 5.44. The van der Waals surface area contributed by atoms with Crippen LogP contribution in [-0.4, -0.2) is 37.2 Å². The third-order valence-corrected chi connectivity index (χ3v) is 2.96. The molecule has 0 saturated carbocycles. The molecule has 0 spiro atoms. The summed E-state index contributed by atoms with van der Waals surface area (Å²) in [5, 5.41) is 12.1. The van der Waals surface area contributed by atoms with Gasteiger partial charge in [-0.05, 0) is 27.2 Å². The van der Waals surface area contributed by atoms with Crippen molar-refractivity contribution in [3.8, 4) is 0 Å². The fraction of sp³-hybridized carbons (Fsp3) is 0.714. The van der Waals surface area contributed by atoms with E-state index >= 15 is 0 Å². The summed E-state index contributed by atoms with van der Waals surface area (Å²) < 4.78 is 18.3. The van der Waals surface area contributed by atoms with E-state index in [1.807, 2.05) is 27.8 Å². The topological polar surface area (TPSA) is 88.1 Å². The van der Waals surface area contributed by atoms with Crippen molar-refractivity contribution >= 4 is 0 Å². The third-order valence-electron chi connectivity index (χ3n) is 2.96. The maximum atomic E-state index is 5.70. The highest BCUT2D eigenvalue weighted by Crippen LogP contribution is 2.09. The predicted molar refractivity (Wildman–Crippen MR) is 77.8 cm³/mol. The standard InChI is InChI=1S/C14H23N5O3/c1-10(2)20-8-14-17-16-13(22-14)6-5-11(3)21-7-12-15-9-19(4)18-12/h9-11H,5-8H2,1-4H3. The zero-order valence-electron chi connectivity index (χ0n) is 13.5. The molecule has 0 fully saturated rings. The number of rotatable bonds is 9. The first-order chi connectivity index (χ1) is 10.5. The van der Waals surface area contributed by atoms with Crippen molar-refractivity contribution in [1.29, 1.82) is 0 Å². The molecule has 2 rings (SSSR count). The lowest BCUT2D eigenvalue weighted by Crippen LogP contribution is -2.10. The van der Waals surface area contributed by atoms with Crippen LogP contribution in [0.15, 0.2) is 10.7 Å². The number of aryl methyl sites for hydroxylation is 2. The van der Waals surface area contributed by atoms with Crippen molar-refractivity contribution in [2.75, 3.05) is 0 Å². The molecule has 2 aromatic rings. The first kappa shape index (κ1) is 16.6. The lowest BCUT2D eigenvalue weighted by molar-refractivity contribution is 0.0415. The van der Waals surface area contributed by atoms with Crippen molar-refractivity contribution in [3.63, 3.8) is 0 Å².